The van der Waals surface area contributed by atoms with Gasteiger partial charge in [-0.3, -0.25) is 9.09 Å². The van der Waals surface area contributed by atoms with Crippen LogP contribution in [-0.4, -0.2) is 68.7 Å². The van der Waals surface area contributed by atoms with Crippen LogP contribution in [-0.2, 0) is 31.6 Å². The zero-order valence-electron chi connectivity index (χ0n) is 16.3. The van der Waals surface area contributed by atoms with Crippen LogP contribution >= 0.6 is 23.5 Å². The minimum atomic E-state index is -5.76. The van der Waals surface area contributed by atoms with E-state index in [4.69, 9.17) is 30.9 Å². The number of alkyl halides is 1. The molecule has 0 bridgehead atoms. The first-order chi connectivity index (χ1) is 14.9. The van der Waals surface area contributed by atoms with Crippen LogP contribution in [0.1, 0.15) is 13.2 Å². The van der Waals surface area contributed by atoms with Crippen LogP contribution in [0.15, 0.2) is 6.33 Å². The molecule has 2 aromatic rings. The van der Waals surface area contributed by atoms with Crippen LogP contribution in [0, 0.1) is 0 Å². The topological polar surface area (TPSA) is 285 Å². The normalized spacial score (nSPS) is 29.7. The molecule has 0 saturated carbocycles. The third-order valence-electron chi connectivity index (χ3n) is 4.25. The second-order valence-electron chi connectivity index (χ2n) is 6.80. The highest BCUT2D eigenvalue weighted by molar-refractivity contribution is 7.66. The fraction of sp³-hybridized carbons (Fsp3) is 0.545. The molecule has 18 nitrogen and oxygen atoms in total. The number of anilines is 2. The molecule has 33 heavy (non-hydrogen) atoms. The highest BCUT2D eigenvalue weighted by Crippen LogP contribution is 2.66. The first kappa shape index (κ1) is 26.0. The summed E-state index contributed by atoms with van der Waals surface area (Å²) in [7, 11) is -16.9. The zero-order chi connectivity index (χ0) is 25.0. The predicted molar refractivity (Wildman–Crippen MR) is 103 cm³/mol. The molecule has 0 aliphatic carbocycles. The number of nitrogens with two attached hydrogens (primary N) is 2. The van der Waals surface area contributed by atoms with Crippen LogP contribution < -0.4 is 11.5 Å². The molecule has 1 aliphatic heterocycles. The van der Waals surface area contributed by atoms with E-state index in [0.717, 1.165) is 17.8 Å². The Balaban J connectivity index is 1.77. The molecule has 6 atom stereocenters. The molecule has 3 heterocycles. The van der Waals surface area contributed by atoms with Crippen LogP contribution in [0.25, 0.3) is 11.2 Å². The number of hydrogen-bond acceptors (Lipinski definition) is 13. The number of phosphoric ester groups is 1. The minimum Gasteiger partial charge on any atom is -0.387 e. The number of nitrogens with zero attached hydrogens (tertiary/aromatic N) is 4. The second kappa shape index (κ2) is 8.57. The number of nitrogen functional groups attached to an aromatic ring is 2. The fourth-order valence-electron chi connectivity index (χ4n) is 2.95. The number of ether oxygens (including phenoxy) is 1. The molecule has 186 valence electrons. The molecule has 2 aromatic heterocycles. The molecule has 0 spiro atoms. The smallest absolute Gasteiger partial charge is 0.387 e. The maximum atomic E-state index is 15.3. The summed E-state index contributed by atoms with van der Waals surface area (Å²) in [6.07, 6.45) is -4.18. The lowest BCUT2D eigenvalue weighted by Gasteiger charge is -2.24. The SMILES string of the molecule is CC1(F)C(O)C(COP(=O)(O)OP(=O)(O)OP(=O)(O)O)OC1n1cnc2c(N)nc(N)nc21. The Labute approximate surface area is 182 Å². The van der Waals surface area contributed by atoms with Gasteiger partial charge in [-0.05, 0) is 6.92 Å². The third kappa shape index (κ3) is 5.74. The molecule has 1 saturated heterocycles. The Morgan fingerprint density at radius 1 is 1.18 bits per heavy atom. The summed E-state index contributed by atoms with van der Waals surface area (Å²) in [5.74, 6) is -0.371. The molecule has 3 rings (SSSR count). The van der Waals surface area contributed by atoms with E-state index in [1.165, 1.54) is 0 Å². The molecule has 1 fully saturated rings. The summed E-state index contributed by atoms with van der Waals surface area (Å²) in [4.78, 5) is 47.2. The van der Waals surface area contributed by atoms with Gasteiger partial charge in [0.15, 0.2) is 23.4 Å². The Morgan fingerprint density at radius 2 is 1.82 bits per heavy atom. The molecule has 22 heteroatoms. The molecule has 0 aromatic carbocycles. The van der Waals surface area contributed by atoms with Crippen molar-refractivity contribution >= 4 is 46.4 Å². The Bertz CT molecular complexity index is 1200. The Morgan fingerprint density at radius 3 is 2.42 bits per heavy atom. The van der Waals surface area contributed by atoms with Gasteiger partial charge in [-0.2, -0.15) is 18.6 Å². The van der Waals surface area contributed by atoms with E-state index in [0.29, 0.717) is 0 Å². The summed E-state index contributed by atoms with van der Waals surface area (Å²) in [6, 6.07) is 0. The van der Waals surface area contributed by atoms with E-state index in [1.807, 2.05) is 0 Å². The van der Waals surface area contributed by atoms with Gasteiger partial charge in [0.25, 0.3) is 0 Å². The van der Waals surface area contributed by atoms with Gasteiger partial charge >= 0.3 is 23.5 Å². The van der Waals surface area contributed by atoms with Crippen LogP contribution in [0.5, 0.6) is 0 Å². The van der Waals surface area contributed by atoms with Crippen LogP contribution in [0.3, 0.4) is 0 Å². The van der Waals surface area contributed by atoms with E-state index in [1.54, 1.807) is 0 Å². The number of hydrogen-bond donors (Lipinski definition) is 7. The Kier molecular flexibility index (Phi) is 6.76. The predicted octanol–water partition coefficient (Wildman–Crippen LogP) is -0.680. The maximum Gasteiger partial charge on any atom is 0.490 e. The molecule has 6 unspecified atom stereocenters. The van der Waals surface area contributed by atoms with Gasteiger partial charge in [-0.15, -0.1) is 0 Å². The summed E-state index contributed by atoms with van der Waals surface area (Å²) < 4.78 is 67.2. The van der Waals surface area contributed by atoms with Crippen molar-refractivity contribution in [2.45, 2.75) is 31.0 Å². The second-order valence-corrected chi connectivity index (χ2v) is 11.2. The number of halogens is 1. The summed E-state index contributed by atoms with van der Waals surface area (Å²) >= 11 is 0. The largest absolute Gasteiger partial charge is 0.490 e. The van der Waals surface area contributed by atoms with Crippen molar-refractivity contribution in [3.05, 3.63) is 6.33 Å². The van der Waals surface area contributed by atoms with Crippen molar-refractivity contribution in [3.8, 4) is 0 Å². The fourth-order valence-corrected chi connectivity index (χ4v) is 5.98. The number of fused-ring (bicyclic) bond motifs is 1. The van der Waals surface area contributed by atoms with Gasteiger partial charge in [0.2, 0.25) is 5.95 Å². The minimum absolute atomic E-state index is 0.0467. The van der Waals surface area contributed by atoms with Gasteiger partial charge < -0.3 is 40.9 Å². The maximum absolute atomic E-state index is 15.3. The molecular formula is C11H18FN6O12P3. The van der Waals surface area contributed by atoms with Gasteiger partial charge in [0.1, 0.15) is 17.7 Å². The molecule has 0 radical (unpaired) electrons. The number of imidazole rings is 1. The highest BCUT2D eigenvalue weighted by Gasteiger charge is 2.56. The number of aliphatic hydroxyl groups excluding tert-OH is 1. The van der Waals surface area contributed by atoms with Crippen molar-refractivity contribution in [2.75, 3.05) is 18.1 Å². The van der Waals surface area contributed by atoms with Crippen molar-refractivity contribution in [1.29, 1.82) is 0 Å². The van der Waals surface area contributed by atoms with Crippen LogP contribution in [0.4, 0.5) is 16.2 Å². The van der Waals surface area contributed by atoms with Crippen molar-refractivity contribution in [1.82, 2.24) is 19.5 Å². The first-order valence-electron chi connectivity index (χ1n) is 8.48. The van der Waals surface area contributed by atoms with E-state index >= 15 is 4.39 Å². The van der Waals surface area contributed by atoms with Gasteiger partial charge in [-0.1, -0.05) is 0 Å². The summed E-state index contributed by atoms with van der Waals surface area (Å²) in [5, 5.41) is 10.3. The van der Waals surface area contributed by atoms with Gasteiger partial charge in [0.05, 0.1) is 12.9 Å². The number of rotatable bonds is 8. The van der Waals surface area contributed by atoms with E-state index in [-0.39, 0.29) is 22.9 Å². The molecule has 1 aliphatic rings. The lowest BCUT2D eigenvalue weighted by atomic mass is 9.98. The lowest BCUT2D eigenvalue weighted by Crippen LogP contribution is -2.40. The van der Waals surface area contributed by atoms with Gasteiger partial charge in [-0.25, -0.2) is 23.1 Å². The monoisotopic (exact) mass is 538 g/mol. The van der Waals surface area contributed by atoms with Crippen molar-refractivity contribution < 1.29 is 60.6 Å². The van der Waals surface area contributed by atoms with E-state index < -0.39 is 54.2 Å². The van der Waals surface area contributed by atoms with Crippen LogP contribution in [0.2, 0.25) is 0 Å². The number of aromatic nitrogens is 4. The quantitative estimate of drug-likeness (QED) is 0.205. The summed E-state index contributed by atoms with van der Waals surface area (Å²) in [6.45, 7) is -0.139. The van der Waals surface area contributed by atoms with Crippen molar-refractivity contribution in [3.63, 3.8) is 0 Å². The first-order valence-corrected chi connectivity index (χ1v) is 13.0. The number of aliphatic hydroxyl groups is 1. The molecular weight excluding hydrogens is 520 g/mol. The molecule has 9 N–H and O–H groups in total. The third-order valence-corrected chi connectivity index (χ3v) is 8.06. The average Bonchev–Trinajstić information content (AvgIpc) is 3.10. The van der Waals surface area contributed by atoms with E-state index in [2.05, 4.69) is 28.1 Å². The Hall–Kier alpha value is -1.59. The lowest BCUT2D eigenvalue weighted by molar-refractivity contribution is -0.0560. The zero-order valence-corrected chi connectivity index (χ0v) is 19.0. The van der Waals surface area contributed by atoms with Crippen molar-refractivity contribution in [2.24, 2.45) is 0 Å². The van der Waals surface area contributed by atoms with E-state index in [9.17, 15) is 23.7 Å². The standard InChI is InChI=1S/C11H18FN6O12P3/c1-11(12)6(19)4(2-27-32(23,24)30-33(25,26)29-31(20,21)22)28-9(11)18-3-15-5-7(13)16-10(14)17-8(5)18/h3-4,6,9,19H,2H2,1H3,(H,23,24)(H,25,26)(H2,20,21,22)(H4,13,14,16,17). The molecule has 0 amide bonds. The average molecular weight is 538 g/mol. The number of phosphoric acid groups is 3. The highest BCUT2D eigenvalue weighted by atomic mass is 31.3. The summed E-state index contributed by atoms with van der Waals surface area (Å²) in [5.41, 5.74) is 8.67. The van der Waals surface area contributed by atoms with Gasteiger partial charge in [0, 0.05) is 0 Å².